The Labute approximate surface area is 146 Å². The van der Waals surface area contributed by atoms with Gasteiger partial charge in [-0.2, -0.15) is 0 Å². The highest BCUT2D eigenvalue weighted by atomic mass is 35.5. The number of aryl methyl sites for hydroxylation is 1. The second-order valence-corrected chi connectivity index (χ2v) is 6.66. The van der Waals surface area contributed by atoms with Crippen molar-refractivity contribution in [3.05, 3.63) is 30.5 Å². The maximum atomic E-state index is 12.1. The summed E-state index contributed by atoms with van der Waals surface area (Å²) >= 11 is 1.54. The van der Waals surface area contributed by atoms with Crippen LogP contribution in [0, 0.1) is 0 Å². The molecule has 0 aliphatic carbocycles. The Bertz CT molecular complexity index is 676. The molecule has 1 aromatic heterocycles. The van der Waals surface area contributed by atoms with Crippen LogP contribution in [-0.4, -0.2) is 46.6 Å². The number of hydrogen-bond donors (Lipinski definition) is 3. The zero-order valence-electron chi connectivity index (χ0n) is 13.0. The third-order valence-electron chi connectivity index (χ3n) is 4.02. The molecule has 1 aromatic carbocycles. The SMILES string of the molecule is Cl.Cn1cc(SCC(=O)N[C@@H]2CCNC[C@H]2O)c2ccccc21. The molecule has 0 saturated carbocycles. The van der Waals surface area contributed by atoms with Gasteiger partial charge in [-0.3, -0.25) is 4.79 Å². The number of aromatic nitrogens is 1. The molecule has 1 amide bonds. The first-order chi connectivity index (χ1) is 10.6. The summed E-state index contributed by atoms with van der Waals surface area (Å²) in [7, 11) is 2.01. The predicted molar refractivity (Wildman–Crippen MR) is 96.3 cm³/mol. The number of nitrogens with one attached hydrogen (secondary N) is 2. The van der Waals surface area contributed by atoms with Gasteiger partial charge in [-0.1, -0.05) is 18.2 Å². The van der Waals surface area contributed by atoms with Crippen LogP contribution in [0.4, 0.5) is 0 Å². The first-order valence-corrected chi connectivity index (χ1v) is 8.48. The van der Waals surface area contributed by atoms with Crippen molar-refractivity contribution in [3.63, 3.8) is 0 Å². The molecule has 1 saturated heterocycles. The second-order valence-electron chi connectivity index (χ2n) is 5.64. The molecule has 0 bridgehead atoms. The summed E-state index contributed by atoms with van der Waals surface area (Å²) in [5, 5.41) is 17.1. The van der Waals surface area contributed by atoms with Crippen LogP contribution in [0.25, 0.3) is 10.9 Å². The Kier molecular flexibility index (Phi) is 6.35. The Morgan fingerprint density at radius 3 is 3.04 bits per heavy atom. The third-order valence-corrected chi connectivity index (χ3v) is 5.06. The molecule has 2 heterocycles. The van der Waals surface area contributed by atoms with Crippen LogP contribution in [0.5, 0.6) is 0 Å². The lowest BCUT2D eigenvalue weighted by Crippen LogP contribution is -2.53. The average Bonchev–Trinajstić information content (AvgIpc) is 2.85. The fraction of sp³-hybridized carbons (Fsp3) is 0.438. The van der Waals surface area contributed by atoms with Crippen molar-refractivity contribution in [1.82, 2.24) is 15.2 Å². The number of aliphatic hydroxyl groups is 1. The number of halogens is 1. The van der Waals surface area contributed by atoms with E-state index >= 15 is 0 Å². The normalized spacial score (nSPS) is 21.0. The minimum atomic E-state index is -0.500. The summed E-state index contributed by atoms with van der Waals surface area (Å²) in [6.45, 7) is 1.37. The summed E-state index contributed by atoms with van der Waals surface area (Å²) in [6.07, 6.45) is 2.33. The predicted octanol–water partition coefficient (Wildman–Crippen LogP) is 1.53. The van der Waals surface area contributed by atoms with Crippen LogP contribution < -0.4 is 10.6 Å². The third kappa shape index (κ3) is 4.20. The number of carbonyl (C=O) groups is 1. The molecule has 1 aliphatic rings. The maximum Gasteiger partial charge on any atom is 0.230 e. The van der Waals surface area contributed by atoms with Gasteiger partial charge in [0.2, 0.25) is 5.91 Å². The number of nitrogens with zero attached hydrogens (tertiary/aromatic N) is 1. The minimum Gasteiger partial charge on any atom is -0.390 e. The summed E-state index contributed by atoms with van der Waals surface area (Å²) in [4.78, 5) is 13.2. The average molecular weight is 356 g/mol. The number of β-amino-alcohol motifs (C(OH)–C–C–N with tert-alkyl or cyclic N) is 1. The number of benzene rings is 1. The topological polar surface area (TPSA) is 66.3 Å². The number of piperidine rings is 1. The lowest BCUT2D eigenvalue weighted by atomic mass is 10.0. The van der Waals surface area contributed by atoms with Gasteiger partial charge in [0.05, 0.1) is 17.9 Å². The first kappa shape index (κ1) is 18.1. The van der Waals surface area contributed by atoms with Gasteiger partial charge in [0, 0.05) is 35.6 Å². The first-order valence-electron chi connectivity index (χ1n) is 7.50. The van der Waals surface area contributed by atoms with Crippen LogP contribution in [0.15, 0.2) is 35.4 Å². The van der Waals surface area contributed by atoms with Gasteiger partial charge in [0.25, 0.3) is 0 Å². The van der Waals surface area contributed by atoms with Gasteiger partial charge in [-0.15, -0.1) is 24.2 Å². The molecule has 23 heavy (non-hydrogen) atoms. The lowest BCUT2D eigenvalue weighted by molar-refractivity contribution is -0.120. The second kappa shape index (κ2) is 8.06. The molecule has 0 spiro atoms. The van der Waals surface area contributed by atoms with Crippen LogP contribution >= 0.6 is 24.2 Å². The zero-order valence-corrected chi connectivity index (χ0v) is 14.6. The van der Waals surface area contributed by atoms with Crippen molar-refractivity contribution in [3.8, 4) is 0 Å². The van der Waals surface area contributed by atoms with Crippen LogP contribution in [0.2, 0.25) is 0 Å². The smallest absolute Gasteiger partial charge is 0.230 e. The molecular weight excluding hydrogens is 334 g/mol. The Morgan fingerprint density at radius 1 is 1.48 bits per heavy atom. The van der Waals surface area contributed by atoms with E-state index in [-0.39, 0.29) is 24.4 Å². The maximum absolute atomic E-state index is 12.1. The van der Waals surface area contributed by atoms with E-state index in [1.807, 2.05) is 19.2 Å². The summed E-state index contributed by atoms with van der Waals surface area (Å²) < 4.78 is 2.08. The highest BCUT2D eigenvalue weighted by Crippen LogP contribution is 2.29. The van der Waals surface area contributed by atoms with Gasteiger partial charge >= 0.3 is 0 Å². The molecule has 0 unspecified atom stereocenters. The van der Waals surface area contributed by atoms with E-state index in [9.17, 15) is 9.90 Å². The van der Waals surface area contributed by atoms with Crippen molar-refractivity contribution < 1.29 is 9.90 Å². The standard InChI is InChI=1S/C16H21N3O2S.ClH/c1-19-9-15(11-4-2-3-5-13(11)19)22-10-16(21)18-12-6-7-17-8-14(12)20;/h2-5,9,12,14,17,20H,6-8,10H2,1H3,(H,18,21);1H/t12-,14-;/m1./s1. The number of rotatable bonds is 4. The largest absolute Gasteiger partial charge is 0.390 e. The van der Waals surface area contributed by atoms with E-state index in [2.05, 4.69) is 33.5 Å². The van der Waals surface area contributed by atoms with Crippen LogP contribution in [0.1, 0.15) is 6.42 Å². The highest BCUT2D eigenvalue weighted by molar-refractivity contribution is 8.00. The Morgan fingerprint density at radius 2 is 2.26 bits per heavy atom. The van der Waals surface area contributed by atoms with Crippen molar-refractivity contribution in [2.24, 2.45) is 7.05 Å². The molecule has 3 N–H and O–H groups in total. The fourth-order valence-electron chi connectivity index (χ4n) is 2.82. The van der Waals surface area contributed by atoms with Gasteiger partial charge in [-0.25, -0.2) is 0 Å². The molecule has 1 aliphatic heterocycles. The lowest BCUT2D eigenvalue weighted by Gasteiger charge is -2.29. The molecule has 7 heteroatoms. The Balaban J connectivity index is 0.00000192. The number of carbonyl (C=O) groups excluding carboxylic acids is 1. The van der Waals surface area contributed by atoms with Gasteiger partial charge in [0.15, 0.2) is 0 Å². The number of amides is 1. The quantitative estimate of drug-likeness (QED) is 0.728. The van der Waals surface area contributed by atoms with E-state index in [0.717, 1.165) is 17.9 Å². The van der Waals surface area contributed by atoms with E-state index in [0.29, 0.717) is 12.3 Å². The van der Waals surface area contributed by atoms with Crippen LogP contribution in [0.3, 0.4) is 0 Å². The molecule has 3 rings (SSSR count). The van der Waals surface area contributed by atoms with E-state index < -0.39 is 6.10 Å². The van der Waals surface area contributed by atoms with Gasteiger partial charge in [0.1, 0.15) is 0 Å². The van der Waals surface area contributed by atoms with Gasteiger partial charge in [-0.05, 0) is 19.0 Å². The Hall–Kier alpha value is -1.21. The number of fused-ring (bicyclic) bond motifs is 1. The van der Waals surface area contributed by atoms with E-state index in [1.54, 1.807) is 0 Å². The van der Waals surface area contributed by atoms with E-state index in [4.69, 9.17) is 0 Å². The minimum absolute atomic E-state index is 0. The molecule has 5 nitrogen and oxygen atoms in total. The summed E-state index contributed by atoms with van der Waals surface area (Å²) in [5.74, 6) is 0.342. The highest BCUT2D eigenvalue weighted by Gasteiger charge is 2.24. The fourth-order valence-corrected chi connectivity index (χ4v) is 3.75. The monoisotopic (exact) mass is 355 g/mol. The molecular formula is C16H22ClN3O2S. The van der Waals surface area contributed by atoms with Crippen molar-refractivity contribution in [2.45, 2.75) is 23.5 Å². The summed E-state index contributed by atoms with van der Waals surface area (Å²) in [6, 6.07) is 8.04. The molecule has 2 atom stereocenters. The van der Waals surface area contributed by atoms with E-state index in [1.165, 1.54) is 22.7 Å². The van der Waals surface area contributed by atoms with Crippen LogP contribution in [-0.2, 0) is 11.8 Å². The summed E-state index contributed by atoms with van der Waals surface area (Å²) in [5.41, 5.74) is 1.17. The number of thioether (sulfide) groups is 1. The van der Waals surface area contributed by atoms with Crippen molar-refractivity contribution in [2.75, 3.05) is 18.8 Å². The molecule has 0 radical (unpaired) electrons. The number of hydrogen-bond acceptors (Lipinski definition) is 4. The number of para-hydroxylation sites is 1. The molecule has 1 fully saturated rings. The molecule has 126 valence electrons. The van der Waals surface area contributed by atoms with Crippen molar-refractivity contribution >= 4 is 41.0 Å². The van der Waals surface area contributed by atoms with Gasteiger partial charge < -0.3 is 20.3 Å². The zero-order chi connectivity index (χ0) is 15.5. The molecule has 2 aromatic rings. The number of aliphatic hydroxyl groups excluding tert-OH is 1. The van der Waals surface area contributed by atoms with Crippen molar-refractivity contribution in [1.29, 1.82) is 0 Å².